The summed E-state index contributed by atoms with van der Waals surface area (Å²) in [5.74, 6) is 0.118. The van der Waals surface area contributed by atoms with Crippen LogP contribution in [-0.4, -0.2) is 69.1 Å². The van der Waals surface area contributed by atoms with E-state index < -0.39 is 16.6 Å². The van der Waals surface area contributed by atoms with Gasteiger partial charge in [-0.05, 0) is 37.4 Å². The van der Waals surface area contributed by atoms with Gasteiger partial charge >= 0.3 is 0 Å². The highest BCUT2D eigenvalue weighted by Crippen LogP contribution is 2.58. The Morgan fingerprint density at radius 1 is 0.940 bits per heavy atom. The van der Waals surface area contributed by atoms with Crippen LogP contribution in [0.5, 0.6) is 0 Å². The van der Waals surface area contributed by atoms with E-state index >= 15 is 0 Å². The summed E-state index contributed by atoms with van der Waals surface area (Å²) in [6, 6.07) is 32.5. The summed E-state index contributed by atoms with van der Waals surface area (Å²) >= 11 is 0. The Bertz CT molecular complexity index is 1880. The number of anilines is 1. The second-order valence-corrected chi connectivity index (χ2v) is 19.3. The number of nitrogens with zero attached hydrogens (tertiary/aromatic N) is 5. The maximum Gasteiger partial charge on any atom is 0.259 e. The number of nitrogens with one attached hydrogen (secondary N) is 1. The highest BCUT2D eigenvalue weighted by atomic mass is 31.2. The van der Waals surface area contributed by atoms with Crippen LogP contribution < -0.4 is 15.7 Å². The van der Waals surface area contributed by atoms with Gasteiger partial charge in [0.25, 0.3) is 14.4 Å². The molecule has 12 heteroatoms. The third-order valence-electron chi connectivity index (χ3n) is 10.6. The molecule has 1 amide bonds. The highest BCUT2D eigenvalue weighted by Gasteiger charge is 2.50. The number of hydrogen-bond donors (Lipinski definition) is 1. The molecule has 50 heavy (non-hydrogen) atoms. The van der Waals surface area contributed by atoms with E-state index in [9.17, 15) is 4.79 Å². The minimum Gasteiger partial charge on any atom is -0.352 e. The van der Waals surface area contributed by atoms with Crippen molar-refractivity contribution >= 4 is 49.9 Å². The highest BCUT2D eigenvalue weighted by molar-refractivity contribution is 7.45. The average Bonchev–Trinajstić information content (AvgIpc) is 3.88. The molecule has 0 aliphatic carbocycles. The van der Waals surface area contributed by atoms with Gasteiger partial charge in [-0.2, -0.15) is 0 Å². The molecule has 3 aliphatic heterocycles. The van der Waals surface area contributed by atoms with Gasteiger partial charge in [0, 0.05) is 24.6 Å². The summed E-state index contributed by atoms with van der Waals surface area (Å²) in [6.45, 7) is 5.63. The lowest BCUT2D eigenvalue weighted by atomic mass is 10.0. The normalized spacial score (nSPS) is 25.5. The number of imidazole rings is 1. The van der Waals surface area contributed by atoms with Crippen LogP contribution in [0.25, 0.3) is 11.2 Å². The number of carbonyl (C=O) groups is 1. The van der Waals surface area contributed by atoms with E-state index in [0.717, 1.165) is 31.9 Å². The third-order valence-corrected chi connectivity index (χ3v) is 16.8. The molecular weight excluding hydrogens is 664 g/mol. The van der Waals surface area contributed by atoms with E-state index in [-0.39, 0.29) is 30.4 Å². The van der Waals surface area contributed by atoms with Crippen LogP contribution in [0, 0.1) is 0 Å². The lowest BCUT2D eigenvalue weighted by molar-refractivity contribution is -0.0152. The quantitative estimate of drug-likeness (QED) is 0.129. The molecule has 3 aromatic carbocycles. The van der Waals surface area contributed by atoms with Gasteiger partial charge in [-0.15, -0.1) is 0 Å². The predicted octanol–water partition coefficient (Wildman–Crippen LogP) is 6.53. The molecule has 0 spiro atoms. The fourth-order valence-electron chi connectivity index (χ4n) is 7.83. The molecule has 1 N–H and O–H groups in total. The summed E-state index contributed by atoms with van der Waals surface area (Å²) in [6.07, 6.45) is 7.69. The largest absolute Gasteiger partial charge is 0.352 e. The summed E-state index contributed by atoms with van der Waals surface area (Å²) in [4.78, 5) is 26.4. The third kappa shape index (κ3) is 6.43. The van der Waals surface area contributed by atoms with Crippen molar-refractivity contribution < 1.29 is 18.6 Å². The van der Waals surface area contributed by atoms with Crippen molar-refractivity contribution in [1.29, 1.82) is 0 Å². The molecule has 0 saturated carbocycles. The smallest absolute Gasteiger partial charge is 0.259 e. The Morgan fingerprint density at radius 2 is 1.64 bits per heavy atom. The molecule has 3 aliphatic rings. The van der Waals surface area contributed by atoms with Crippen molar-refractivity contribution in [3.05, 3.63) is 109 Å². The first-order valence-electron chi connectivity index (χ1n) is 17.7. The molecule has 10 nitrogen and oxygen atoms in total. The molecule has 8 rings (SSSR count). The van der Waals surface area contributed by atoms with E-state index in [1.807, 2.05) is 22.8 Å². The fourth-order valence-corrected chi connectivity index (χ4v) is 13.8. The van der Waals surface area contributed by atoms with Crippen molar-refractivity contribution in [3.63, 3.8) is 0 Å². The standard InChI is InChI=1S/C38H43N6O4PSi/c1-3-31-32(23-34(46-31)43-26-41-35-36(39-25-40-37(35)43)42-38(45)27-15-7-4-8-16-27)47-49-44-22-14-13-21-30(44)33(48-49)24-50(2,28-17-9-5-10-18-28)29-19-11-6-12-20-29/h4-12,15-20,25-26,30-34H,3,13-14,21-24H2,1-2H3,(H,39,40,42,45)/t30-,31+,32?,33+,34+,49?/m0/s1. The Kier molecular flexibility index (Phi) is 9.61. The van der Waals surface area contributed by atoms with Gasteiger partial charge in [-0.3, -0.25) is 9.36 Å². The number of benzene rings is 3. The minimum absolute atomic E-state index is 0.0989. The summed E-state index contributed by atoms with van der Waals surface area (Å²) in [7, 11) is -3.36. The first kappa shape index (κ1) is 33.3. The van der Waals surface area contributed by atoms with E-state index in [1.54, 1.807) is 18.5 Å². The Hall–Kier alpha value is -3.83. The van der Waals surface area contributed by atoms with Crippen LogP contribution >= 0.6 is 8.53 Å². The lowest BCUT2D eigenvalue weighted by Crippen LogP contribution is -2.58. The van der Waals surface area contributed by atoms with Crippen molar-refractivity contribution in [1.82, 2.24) is 24.2 Å². The van der Waals surface area contributed by atoms with E-state index in [4.69, 9.17) is 13.8 Å². The SMILES string of the molecule is CC[C@H]1O[C@@H](n2cnc3c(NC(=O)c4ccccc4)ncnc32)CC1OP1O[C@H](C[Si](C)(c2ccccc2)c2ccccc2)[C@@H]2CCCCN21. The Labute approximate surface area is 295 Å². The van der Waals surface area contributed by atoms with E-state index in [0.29, 0.717) is 35.0 Å². The van der Waals surface area contributed by atoms with Crippen LogP contribution in [0.1, 0.15) is 55.6 Å². The summed E-state index contributed by atoms with van der Waals surface area (Å²) in [5, 5.41) is 5.77. The molecule has 0 bridgehead atoms. The fraction of sp³-hybridized carbons (Fsp3) is 0.368. The van der Waals surface area contributed by atoms with Crippen LogP contribution in [0.2, 0.25) is 12.6 Å². The number of ether oxygens (including phenoxy) is 1. The van der Waals surface area contributed by atoms with Crippen molar-refractivity contribution in [3.8, 4) is 0 Å². The average molecular weight is 707 g/mol. The molecule has 2 unspecified atom stereocenters. The molecule has 3 saturated heterocycles. The minimum atomic E-state index is -2.12. The van der Waals surface area contributed by atoms with E-state index in [2.05, 4.69) is 99.1 Å². The van der Waals surface area contributed by atoms with E-state index in [1.165, 1.54) is 23.1 Å². The number of carbonyl (C=O) groups excluding carboxylic acids is 1. The van der Waals surface area contributed by atoms with Crippen LogP contribution in [0.3, 0.4) is 0 Å². The first-order chi connectivity index (χ1) is 24.5. The molecule has 0 radical (unpaired) electrons. The number of aromatic nitrogens is 4. The zero-order valence-electron chi connectivity index (χ0n) is 28.5. The number of rotatable bonds is 10. The van der Waals surface area contributed by atoms with Crippen molar-refractivity contribution in [2.45, 2.75) is 82.2 Å². The first-order valence-corrected chi connectivity index (χ1v) is 21.6. The lowest BCUT2D eigenvalue weighted by Gasteiger charge is -2.35. The van der Waals surface area contributed by atoms with Crippen LogP contribution in [0.4, 0.5) is 5.82 Å². The molecule has 5 aromatic rings. The van der Waals surface area contributed by atoms with Gasteiger partial charge in [0.05, 0.1) is 24.6 Å². The maximum absolute atomic E-state index is 12.9. The van der Waals surface area contributed by atoms with Crippen molar-refractivity contribution in [2.24, 2.45) is 0 Å². The molecule has 3 fully saturated rings. The van der Waals surface area contributed by atoms with Gasteiger partial charge < -0.3 is 19.1 Å². The molecule has 5 heterocycles. The van der Waals surface area contributed by atoms with Gasteiger partial charge in [-0.25, -0.2) is 19.6 Å². The Balaban J connectivity index is 1.01. The maximum atomic E-state index is 12.9. The molecule has 6 atom stereocenters. The zero-order chi connectivity index (χ0) is 34.1. The van der Waals surface area contributed by atoms with Gasteiger partial charge in [0.2, 0.25) is 0 Å². The predicted molar refractivity (Wildman–Crippen MR) is 198 cm³/mol. The van der Waals surface area contributed by atoms with Gasteiger partial charge in [0.15, 0.2) is 17.0 Å². The van der Waals surface area contributed by atoms with Crippen LogP contribution in [0.15, 0.2) is 104 Å². The number of hydrogen-bond acceptors (Lipinski definition) is 8. The Morgan fingerprint density at radius 3 is 2.34 bits per heavy atom. The summed E-state index contributed by atoms with van der Waals surface area (Å²) in [5.41, 5.74) is 1.67. The second-order valence-electron chi connectivity index (χ2n) is 13.7. The van der Waals surface area contributed by atoms with Gasteiger partial charge in [0.1, 0.15) is 20.6 Å². The van der Waals surface area contributed by atoms with Crippen LogP contribution in [-0.2, 0) is 13.8 Å². The van der Waals surface area contributed by atoms with Gasteiger partial charge in [-0.1, -0.05) is 109 Å². The topological polar surface area (TPSA) is 104 Å². The molecule has 258 valence electrons. The zero-order valence-corrected chi connectivity index (χ0v) is 30.4. The number of amides is 1. The number of fused-ring (bicyclic) bond motifs is 2. The molecular formula is C38H43N6O4PSi. The monoisotopic (exact) mass is 706 g/mol. The number of piperidine rings is 1. The molecule has 2 aromatic heterocycles. The van der Waals surface area contributed by atoms with Crippen molar-refractivity contribution in [2.75, 3.05) is 11.9 Å². The summed E-state index contributed by atoms with van der Waals surface area (Å²) < 4.78 is 25.2. The second kappa shape index (κ2) is 14.4.